The van der Waals surface area contributed by atoms with Gasteiger partial charge in [0.15, 0.2) is 0 Å². The van der Waals surface area contributed by atoms with Crippen molar-refractivity contribution in [1.29, 1.82) is 0 Å². The topological polar surface area (TPSA) is 49.3 Å². The number of aliphatic hydroxyl groups is 1. The number of amides is 1. The smallest absolute Gasteiger partial charge is 0.254 e. The van der Waals surface area contributed by atoms with Gasteiger partial charge in [-0.25, -0.2) is 8.78 Å². The van der Waals surface area contributed by atoms with E-state index < -0.39 is 17.5 Å². The lowest BCUT2D eigenvalue weighted by Crippen LogP contribution is -2.26. The molecule has 2 rings (SSSR count). The van der Waals surface area contributed by atoms with Gasteiger partial charge in [0.05, 0.1) is 5.56 Å². The Balaban J connectivity index is 1.93. The molecule has 0 heterocycles. The molecule has 3 nitrogen and oxygen atoms in total. The highest BCUT2D eigenvalue weighted by Gasteiger charge is 2.14. The van der Waals surface area contributed by atoms with Gasteiger partial charge in [-0.15, -0.1) is 0 Å². The molecule has 2 N–H and O–H groups in total. The first kappa shape index (κ1) is 17.1. The summed E-state index contributed by atoms with van der Waals surface area (Å²) in [5.41, 5.74) is 0.911. The number of carbonyl (C=O) groups excluding carboxylic acids is 1. The van der Waals surface area contributed by atoms with E-state index in [4.69, 9.17) is 0 Å². The van der Waals surface area contributed by atoms with Gasteiger partial charge in [0.25, 0.3) is 5.91 Å². The van der Waals surface area contributed by atoms with E-state index in [9.17, 15) is 18.7 Å². The molecule has 5 heteroatoms. The SMILES string of the molecule is O=C(NCC[C@@H](CCO)c1ccccc1)c1ccc(F)cc1F. The van der Waals surface area contributed by atoms with Crippen LogP contribution in [0.25, 0.3) is 0 Å². The van der Waals surface area contributed by atoms with Crippen molar-refractivity contribution < 1.29 is 18.7 Å². The Kier molecular flexibility index (Phi) is 6.23. The molecule has 0 unspecified atom stereocenters. The highest BCUT2D eigenvalue weighted by Crippen LogP contribution is 2.22. The van der Waals surface area contributed by atoms with Crippen LogP contribution in [0.1, 0.15) is 34.7 Å². The molecule has 0 spiro atoms. The number of benzene rings is 2. The number of hydrogen-bond donors (Lipinski definition) is 2. The maximum Gasteiger partial charge on any atom is 0.254 e. The summed E-state index contributed by atoms with van der Waals surface area (Å²) in [6.07, 6.45) is 1.21. The number of halogens is 2. The van der Waals surface area contributed by atoms with E-state index in [1.54, 1.807) is 0 Å². The number of aliphatic hydroxyl groups excluding tert-OH is 1. The average Bonchev–Trinajstić information content (AvgIpc) is 2.54. The summed E-state index contributed by atoms with van der Waals surface area (Å²) in [6, 6.07) is 12.6. The second kappa shape index (κ2) is 8.39. The Morgan fingerprint density at radius 3 is 2.48 bits per heavy atom. The lowest BCUT2D eigenvalue weighted by molar-refractivity contribution is 0.0948. The van der Waals surface area contributed by atoms with Gasteiger partial charge in [0.1, 0.15) is 11.6 Å². The van der Waals surface area contributed by atoms with Crippen LogP contribution >= 0.6 is 0 Å². The highest BCUT2D eigenvalue weighted by molar-refractivity contribution is 5.94. The standard InChI is InChI=1S/C18H19F2NO2/c19-15-6-7-16(17(20)12-15)18(23)21-10-8-14(9-11-22)13-4-2-1-3-5-13/h1-7,12,14,22H,8-11H2,(H,21,23)/t14-/m0/s1. The summed E-state index contributed by atoms with van der Waals surface area (Å²) in [7, 11) is 0. The molecule has 0 saturated carbocycles. The van der Waals surface area contributed by atoms with Gasteiger partial charge in [0.2, 0.25) is 0 Å². The molecule has 0 radical (unpaired) electrons. The van der Waals surface area contributed by atoms with Crippen LogP contribution in [0.15, 0.2) is 48.5 Å². The van der Waals surface area contributed by atoms with Crippen molar-refractivity contribution >= 4 is 5.91 Å². The Bertz CT molecular complexity index is 647. The summed E-state index contributed by atoms with van der Waals surface area (Å²) in [6.45, 7) is 0.398. The molecule has 0 saturated heterocycles. The minimum atomic E-state index is -0.877. The quantitative estimate of drug-likeness (QED) is 0.823. The Labute approximate surface area is 134 Å². The van der Waals surface area contributed by atoms with Gasteiger partial charge in [-0.05, 0) is 36.5 Å². The molecule has 1 amide bonds. The van der Waals surface area contributed by atoms with Crippen LogP contribution in [0.5, 0.6) is 0 Å². The Morgan fingerprint density at radius 1 is 1.09 bits per heavy atom. The van der Waals surface area contributed by atoms with Gasteiger partial charge >= 0.3 is 0 Å². The van der Waals surface area contributed by atoms with Crippen LogP contribution in [0.3, 0.4) is 0 Å². The predicted molar refractivity (Wildman–Crippen MR) is 84.2 cm³/mol. The van der Waals surface area contributed by atoms with Crippen molar-refractivity contribution in [2.75, 3.05) is 13.2 Å². The van der Waals surface area contributed by atoms with Gasteiger partial charge in [0, 0.05) is 19.2 Å². The molecule has 2 aromatic rings. The summed E-state index contributed by atoms with van der Waals surface area (Å²) in [5.74, 6) is -2.05. The normalized spacial score (nSPS) is 12.0. The Morgan fingerprint density at radius 2 is 1.83 bits per heavy atom. The molecular weight excluding hydrogens is 300 g/mol. The molecule has 0 aliphatic rings. The van der Waals surface area contributed by atoms with Crippen molar-refractivity contribution in [1.82, 2.24) is 5.32 Å². The molecular formula is C18H19F2NO2. The van der Waals surface area contributed by atoms with Crippen LogP contribution in [-0.4, -0.2) is 24.2 Å². The molecule has 0 fully saturated rings. The molecule has 2 aromatic carbocycles. The summed E-state index contributed by atoms with van der Waals surface area (Å²) in [4.78, 5) is 11.9. The fourth-order valence-corrected chi connectivity index (χ4v) is 2.49. The second-order valence-corrected chi connectivity index (χ2v) is 5.29. The fraction of sp³-hybridized carbons (Fsp3) is 0.278. The van der Waals surface area contributed by atoms with E-state index in [-0.39, 0.29) is 18.1 Å². The largest absolute Gasteiger partial charge is 0.396 e. The first-order chi connectivity index (χ1) is 11.1. The average molecular weight is 319 g/mol. The maximum atomic E-state index is 13.5. The van der Waals surface area contributed by atoms with Crippen LogP contribution in [0, 0.1) is 11.6 Å². The van der Waals surface area contributed by atoms with Gasteiger partial charge in [-0.2, -0.15) is 0 Å². The number of hydrogen-bond acceptors (Lipinski definition) is 2. The number of carbonyl (C=O) groups is 1. The lowest BCUT2D eigenvalue weighted by atomic mass is 9.93. The lowest BCUT2D eigenvalue weighted by Gasteiger charge is -2.16. The van der Waals surface area contributed by atoms with E-state index in [1.807, 2.05) is 30.3 Å². The maximum absolute atomic E-state index is 13.5. The minimum absolute atomic E-state index is 0.0557. The molecule has 0 aliphatic carbocycles. The number of rotatable bonds is 7. The zero-order chi connectivity index (χ0) is 16.7. The van der Waals surface area contributed by atoms with Gasteiger partial charge in [-0.1, -0.05) is 30.3 Å². The first-order valence-electron chi connectivity index (χ1n) is 7.51. The molecule has 122 valence electrons. The summed E-state index contributed by atoms with van der Waals surface area (Å²) in [5, 5.41) is 11.8. The first-order valence-corrected chi connectivity index (χ1v) is 7.51. The third kappa shape index (κ3) is 4.86. The van der Waals surface area contributed by atoms with Crippen molar-refractivity contribution in [2.45, 2.75) is 18.8 Å². The van der Waals surface area contributed by atoms with E-state index in [0.29, 0.717) is 25.5 Å². The van der Waals surface area contributed by atoms with Crippen LogP contribution < -0.4 is 5.32 Å². The van der Waals surface area contributed by atoms with E-state index in [1.165, 1.54) is 0 Å². The Hall–Kier alpha value is -2.27. The molecule has 0 aromatic heterocycles. The summed E-state index contributed by atoms with van der Waals surface area (Å²) >= 11 is 0. The van der Waals surface area contributed by atoms with Crippen molar-refractivity contribution in [3.63, 3.8) is 0 Å². The molecule has 23 heavy (non-hydrogen) atoms. The fourth-order valence-electron chi connectivity index (χ4n) is 2.49. The van der Waals surface area contributed by atoms with Crippen LogP contribution in [0.2, 0.25) is 0 Å². The third-order valence-corrected chi connectivity index (χ3v) is 3.70. The summed E-state index contributed by atoms with van der Waals surface area (Å²) < 4.78 is 26.4. The third-order valence-electron chi connectivity index (χ3n) is 3.70. The zero-order valence-electron chi connectivity index (χ0n) is 12.6. The van der Waals surface area contributed by atoms with Crippen LogP contribution in [0.4, 0.5) is 8.78 Å². The van der Waals surface area contributed by atoms with E-state index >= 15 is 0 Å². The van der Waals surface area contributed by atoms with Crippen molar-refractivity contribution in [2.24, 2.45) is 0 Å². The number of nitrogens with one attached hydrogen (secondary N) is 1. The van der Waals surface area contributed by atoms with Crippen molar-refractivity contribution in [3.8, 4) is 0 Å². The monoisotopic (exact) mass is 319 g/mol. The van der Waals surface area contributed by atoms with Gasteiger partial charge in [-0.3, -0.25) is 4.79 Å². The molecule has 0 bridgehead atoms. The molecule has 1 atom stereocenters. The van der Waals surface area contributed by atoms with Crippen LogP contribution in [-0.2, 0) is 0 Å². The van der Waals surface area contributed by atoms with E-state index in [0.717, 1.165) is 17.7 Å². The van der Waals surface area contributed by atoms with Crippen molar-refractivity contribution in [3.05, 3.63) is 71.3 Å². The molecule has 0 aliphatic heterocycles. The second-order valence-electron chi connectivity index (χ2n) is 5.29. The van der Waals surface area contributed by atoms with E-state index in [2.05, 4.69) is 5.32 Å². The minimum Gasteiger partial charge on any atom is -0.396 e. The zero-order valence-corrected chi connectivity index (χ0v) is 12.6. The highest BCUT2D eigenvalue weighted by atomic mass is 19.1. The predicted octanol–water partition coefficient (Wildman–Crippen LogP) is 3.25. The van der Waals surface area contributed by atoms with Gasteiger partial charge < -0.3 is 10.4 Å².